The normalized spacial score (nSPS) is 10.6. The number of carbonyl (C=O) groups is 2. The third-order valence-electron chi connectivity index (χ3n) is 4.10. The number of hydrogen-bond acceptors (Lipinski definition) is 3. The first-order chi connectivity index (χ1) is 14.5. The van der Waals surface area contributed by atoms with Crippen molar-refractivity contribution in [2.75, 3.05) is 5.32 Å². The summed E-state index contributed by atoms with van der Waals surface area (Å²) in [5, 5.41) is 5.51. The number of carbonyl (C=O) groups excluding carboxylic acids is 2. The van der Waals surface area contributed by atoms with Gasteiger partial charge in [-0.3, -0.25) is 9.59 Å². The molecule has 2 amide bonds. The van der Waals surface area contributed by atoms with Crippen molar-refractivity contribution in [2.45, 2.75) is 13.5 Å². The molecule has 30 heavy (non-hydrogen) atoms. The highest BCUT2D eigenvalue weighted by Crippen LogP contribution is 2.21. The smallest absolute Gasteiger partial charge is 0.244 e. The van der Waals surface area contributed by atoms with Gasteiger partial charge in [0.2, 0.25) is 11.8 Å². The minimum Gasteiger partial charge on any atom is -0.457 e. The highest BCUT2D eigenvalue weighted by atomic mass is 19.1. The quantitative estimate of drug-likeness (QED) is 0.550. The third-order valence-corrected chi connectivity index (χ3v) is 4.10. The maximum Gasteiger partial charge on any atom is 0.244 e. The summed E-state index contributed by atoms with van der Waals surface area (Å²) >= 11 is 0. The molecule has 5 nitrogen and oxygen atoms in total. The Bertz CT molecular complexity index is 1030. The van der Waals surface area contributed by atoms with E-state index in [1.165, 1.54) is 25.1 Å². The Hall–Kier alpha value is -3.93. The van der Waals surface area contributed by atoms with Crippen molar-refractivity contribution >= 4 is 23.6 Å². The van der Waals surface area contributed by atoms with Crippen molar-refractivity contribution in [2.24, 2.45) is 0 Å². The van der Waals surface area contributed by atoms with Crippen LogP contribution in [0.25, 0.3) is 6.08 Å². The summed E-state index contributed by atoms with van der Waals surface area (Å²) in [7, 11) is 0. The Morgan fingerprint density at radius 1 is 0.900 bits per heavy atom. The van der Waals surface area contributed by atoms with Crippen LogP contribution in [-0.2, 0) is 16.1 Å². The van der Waals surface area contributed by atoms with Crippen molar-refractivity contribution in [3.63, 3.8) is 0 Å². The largest absolute Gasteiger partial charge is 0.457 e. The SMILES string of the molecule is CC(=O)Nc1ccc(/C=C/C(=O)NCc2ccc(Oc3ccc(F)cc3)cc2)cc1. The first-order valence-electron chi connectivity index (χ1n) is 9.34. The van der Waals surface area contributed by atoms with Crippen molar-refractivity contribution in [3.8, 4) is 11.5 Å². The van der Waals surface area contributed by atoms with Gasteiger partial charge in [0, 0.05) is 25.2 Å². The zero-order valence-electron chi connectivity index (χ0n) is 16.4. The number of anilines is 1. The van der Waals surface area contributed by atoms with E-state index in [9.17, 15) is 14.0 Å². The molecule has 0 fully saturated rings. The molecule has 6 heteroatoms. The van der Waals surface area contributed by atoms with E-state index in [4.69, 9.17) is 4.74 Å². The van der Waals surface area contributed by atoms with E-state index >= 15 is 0 Å². The fourth-order valence-electron chi connectivity index (χ4n) is 2.61. The van der Waals surface area contributed by atoms with Gasteiger partial charge in [-0.15, -0.1) is 0 Å². The van der Waals surface area contributed by atoms with Crippen LogP contribution in [0.3, 0.4) is 0 Å². The third kappa shape index (κ3) is 6.60. The number of amides is 2. The zero-order valence-corrected chi connectivity index (χ0v) is 16.4. The molecular formula is C24H21FN2O3. The van der Waals surface area contributed by atoms with Gasteiger partial charge in [-0.05, 0) is 65.7 Å². The van der Waals surface area contributed by atoms with Crippen LogP contribution in [0.2, 0.25) is 0 Å². The van der Waals surface area contributed by atoms with Gasteiger partial charge in [0.15, 0.2) is 0 Å². The van der Waals surface area contributed by atoms with Crippen molar-refractivity contribution in [1.82, 2.24) is 5.32 Å². The average Bonchev–Trinajstić information content (AvgIpc) is 2.74. The lowest BCUT2D eigenvalue weighted by atomic mass is 10.2. The van der Waals surface area contributed by atoms with Gasteiger partial charge in [0.05, 0.1) is 0 Å². The van der Waals surface area contributed by atoms with Gasteiger partial charge >= 0.3 is 0 Å². The molecule has 0 bridgehead atoms. The molecule has 0 unspecified atom stereocenters. The van der Waals surface area contributed by atoms with Gasteiger partial charge < -0.3 is 15.4 Å². The van der Waals surface area contributed by atoms with E-state index in [1.54, 1.807) is 42.5 Å². The highest BCUT2D eigenvalue weighted by molar-refractivity contribution is 5.92. The zero-order chi connectivity index (χ0) is 21.3. The number of hydrogen-bond donors (Lipinski definition) is 2. The number of ether oxygens (including phenoxy) is 1. The summed E-state index contributed by atoms with van der Waals surface area (Å²) < 4.78 is 18.6. The maximum atomic E-state index is 12.9. The molecule has 0 radical (unpaired) electrons. The highest BCUT2D eigenvalue weighted by Gasteiger charge is 2.01. The topological polar surface area (TPSA) is 67.4 Å². The van der Waals surface area contributed by atoms with E-state index < -0.39 is 0 Å². The van der Waals surface area contributed by atoms with Crippen LogP contribution >= 0.6 is 0 Å². The molecule has 3 aromatic rings. The Kier molecular flexibility index (Phi) is 6.95. The maximum absolute atomic E-state index is 12.9. The Balaban J connectivity index is 1.47. The summed E-state index contributed by atoms with van der Waals surface area (Å²) in [4.78, 5) is 23.0. The van der Waals surface area contributed by atoms with Crippen molar-refractivity contribution in [1.29, 1.82) is 0 Å². The van der Waals surface area contributed by atoms with Gasteiger partial charge in [-0.25, -0.2) is 4.39 Å². The van der Waals surface area contributed by atoms with Crippen LogP contribution in [0, 0.1) is 5.82 Å². The second kappa shape index (κ2) is 10.0. The van der Waals surface area contributed by atoms with Crippen LogP contribution in [0.5, 0.6) is 11.5 Å². The van der Waals surface area contributed by atoms with E-state index in [-0.39, 0.29) is 17.6 Å². The molecule has 0 saturated heterocycles. The van der Waals surface area contributed by atoms with E-state index in [2.05, 4.69) is 10.6 Å². The second-order valence-electron chi connectivity index (χ2n) is 6.55. The van der Waals surface area contributed by atoms with Gasteiger partial charge in [0.25, 0.3) is 0 Å². The molecule has 0 aliphatic heterocycles. The Morgan fingerprint density at radius 3 is 2.10 bits per heavy atom. The molecule has 0 heterocycles. The summed E-state index contributed by atoms with van der Waals surface area (Å²) in [6, 6.07) is 20.2. The lowest BCUT2D eigenvalue weighted by Gasteiger charge is -2.07. The lowest BCUT2D eigenvalue weighted by Crippen LogP contribution is -2.20. The predicted molar refractivity (Wildman–Crippen MR) is 115 cm³/mol. The molecule has 3 rings (SSSR count). The standard InChI is InChI=1S/C24H21FN2O3/c1-17(28)27-21-9-2-18(3-10-21)6-15-24(29)26-16-19-4-11-22(12-5-19)30-23-13-7-20(25)8-14-23/h2-15H,16H2,1H3,(H,26,29)(H,27,28)/b15-6+. The molecule has 0 saturated carbocycles. The monoisotopic (exact) mass is 404 g/mol. The minimum absolute atomic E-state index is 0.132. The number of nitrogens with one attached hydrogen (secondary N) is 2. The van der Waals surface area contributed by atoms with E-state index in [0.717, 1.165) is 11.1 Å². The Labute approximate surface area is 174 Å². The van der Waals surface area contributed by atoms with E-state index in [1.807, 2.05) is 24.3 Å². The first kappa shape index (κ1) is 20.8. The molecule has 0 aliphatic rings. The molecule has 0 aromatic heterocycles. The molecule has 2 N–H and O–H groups in total. The van der Waals surface area contributed by atoms with Crippen LogP contribution in [-0.4, -0.2) is 11.8 Å². The van der Waals surface area contributed by atoms with Crippen LogP contribution in [0.4, 0.5) is 10.1 Å². The second-order valence-corrected chi connectivity index (χ2v) is 6.55. The fourth-order valence-corrected chi connectivity index (χ4v) is 2.61. The summed E-state index contributed by atoms with van der Waals surface area (Å²) in [6.45, 7) is 1.83. The number of benzene rings is 3. The molecule has 3 aromatic carbocycles. The fraction of sp³-hybridized carbons (Fsp3) is 0.0833. The Morgan fingerprint density at radius 2 is 1.50 bits per heavy atom. The minimum atomic E-state index is -0.315. The van der Waals surface area contributed by atoms with Crippen LogP contribution < -0.4 is 15.4 Å². The number of halogens is 1. The predicted octanol–water partition coefficient (Wildman–Crippen LogP) is 4.91. The van der Waals surface area contributed by atoms with Gasteiger partial charge in [0.1, 0.15) is 17.3 Å². The molecular weight excluding hydrogens is 383 g/mol. The summed E-state index contributed by atoms with van der Waals surface area (Å²) in [6.07, 6.45) is 3.16. The van der Waals surface area contributed by atoms with Crippen LogP contribution in [0.15, 0.2) is 78.9 Å². The molecule has 0 spiro atoms. The average molecular weight is 404 g/mol. The first-order valence-corrected chi connectivity index (χ1v) is 9.34. The lowest BCUT2D eigenvalue weighted by molar-refractivity contribution is -0.116. The van der Waals surface area contributed by atoms with E-state index in [0.29, 0.717) is 23.7 Å². The summed E-state index contributed by atoms with van der Waals surface area (Å²) in [5.41, 5.74) is 2.47. The molecule has 0 aliphatic carbocycles. The molecule has 152 valence electrons. The van der Waals surface area contributed by atoms with Gasteiger partial charge in [-0.1, -0.05) is 24.3 Å². The summed E-state index contributed by atoms with van der Waals surface area (Å²) in [5.74, 6) is 0.511. The molecule has 0 atom stereocenters. The van der Waals surface area contributed by atoms with Crippen LogP contribution in [0.1, 0.15) is 18.1 Å². The van der Waals surface area contributed by atoms with Crippen molar-refractivity contribution in [3.05, 3.63) is 95.8 Å². The van der Waals surface area contributed by atoms with Crippen molar-refractivity contribution < 1.29 is 18.7 Å². The van der Waals surface area contributed by atoms with Gasteiger partial charge in [-0.2, -0.15) is 0 Å². The number of rotatable bonds is 7.